The molecule has 0 saturated carbocycles. The molecule has 25 heavy (non-hydrogen) atoms. The molecule has 0 unspecified atom stereocenters. The summed E-state index contributed by atoms with van der Waals surface area (Å²) in [6, 6.07) is 15.9. The minimum Gasteiger partial charge on any atom is -0.384 e. The Kier molecular flexibility index (Phi) is 6.38. The third-order valence-corrected chi connectivity index (χ3v) is 3.65. The summed E-state index contributed by atoms with van der Waals surface area (Å²) in [6.45, 7) is 1.55. The highest BCUT2D eigenvalue weighted by molar-refractivity contribution is 6.31. The minimum atomic E-state index is -0.851. The van der Waals surface area contributed by atoms with Crippen LogP contribution in [0, 0.1) is 11.3 Å². The first-order chi connectivity index (χ1) is 12.0. The average Bonchev–Trinajstić information content (AvgIpc) is 2.61. The Hall–Kier alpha value is -3.04. The van der Waals surface area contributed by atoms with E-state index in [1.165, 1.54) is 0 Å². The second-order valence-corrected chi connectivity index (χ2v) is 5.69. The molecule has 0 aliphatic carbocycles. The number of halogens is 1. The number of amides is 1. The number of rotatable bonds is 6. The highest BCUT2D eigenvalue weighted by Gasteiger charge is 2.15. The molecule has 0 spiro atoms. The normalized spacial score (nSPS) is 12.1. The summed E-state index contributed by atoms with van der Waals surface area (Å²) < 4.78 is 0. The molecule has 0 heterocycles. The molecule has 1 atom stereocenters. The van der Waals surface area contributed by atoms with Crippen molar-refractivity contribution in [2.75, 3.05) is 5.32 Å². The molecule has 6 nitrogen and oxygen atoms in total. The van der Waals surface area contributed by atoms with Gasteiger partial charge in [0.2, 0.25) is 6.10 Å². The number of amidine groups is 1. The number of nitrogens with two attached hydrogens (primary N) is 1. The molecular formula is C18H17ClN4O2. The number of benzene rings is 2. The van der Waals surface area contributed by atoms with E-state index in [1.54, 1.807) is 37.3 Å². The molecule has 0 saturated heterocycles. The smallest absolute Gasteiger partial charge is 0.267 e. The lowest BCUT2D eigenvalue weighted by Gasteiger charge is -2.11. The molecular weight excluding hydrogens is 340 g/mol. The van der Waals surface area contributed by atoms with Gasteiger partial charge in [-0.05, 0) is 36.8 Å². The van der Waals surface area contributed by atoms with Gasteiger partial charge >= 0.3 is 0 Å². The van der Waals surface area contributed by atoms with Crippen molar-refractivity contribution in [2.45, 2.75) is 19.4 Å². The zero-order valence-corrected chi connectivity index (χ0v) is 14.3. The van der Waals surface area contributed by atoms with Crippen molar-refractivity contribution in [2.24, 2.45) is 10.9 Å². The molecule has 7 heteroatoms. The molecule has 2 rings (SSSR count). The van der Waals surface area contributed by atoms with Gasteiger partial charge < -0.3 is 15.9 Å². The topological polar surface area (TPSA) is 100 Å². The van der Waals surface area contributed by atoms with E-state index in [2.05, 4.69) is 10.5 Å². The fraction of sp³-hybridized carbons (Fsp3) is 0.167. The third kappa shape index (κ3) is 5.52. The summed E-state index contributed by atoms with van der Waals surface area (Å²) in [5, 5.41) is 15.9. The number of anilines is 1. The monoisotopic (exact) mass is 356 g/mol. The molecule has 2 aromatic rings. The Morgan fingerprint density at radius 2 is 2.12 bits per heavy atom. The molecule has 2 aromatic carbocycles. The Morgan fingerprint density at radius 1 is 1.36 bits per heavy atom. The summed E-state index contributed by atoms with van der Waals surface area (Å²) in [6.07, 6.45) is -0.534. The Bertz CT molecular complexity index is 830. The molecule has 0 aromatic heterocycles. The average molecular weight is 357 g/mol. The third-order valence-electron chi connectivity index (χ3n) is 3.29. The lowest BCUT2D eigenvalue weighted by molar-refractivity contribution is -0.126. The van der Waals surface area contributed by atoms with Crippen molar-refractivity contribution in [1.29, 1.82) is 5.26 Å². The molecule has 3 N–H and O–H groups in total. The fourth-order valence-corrected chi connectivity index (χ4v) is 2.18. The van der Waals surface area contributed by atoms with Crippen molar-refractivity contribution in [1.82, 2.24) is 0 Å². The quantitative estimate of drug-likeness (QED) is 0.472. The maximum absolute atomic E-state index is 12.1. The lowest BCUT2D eigenvalue weighted by atomic mass is 10.1. The van der Waals surface area contributed by atoms with Crippen molar-refractivity contribution in [3.05, 3.63) is 64.7 Å². The van der Waals surface area contributed by atoms with Gasteiger partial charge in [0.05, 0.1) is 11.6 Å². The molecule has 0 aliphatic heterocycles. The zero-order valence-electron chi connectivity index (χ0n) is 13.6. The van der Waals surface area contributed by atoms with Crippen molar-refractivity contribution < 1.29 is 9.63 Å². The minimum absolute atomic E-state index is 0.208. The maximum atomic E-state index is 12.1. The molecule has 0 bridgehead atoms. The fourth-order valence-electron chi connectivity index (χ4n) is 1.97. The summed E-state index contributed by atoms with van der Waals surface area (Å²) in [5.74, 6) is -0.191. The lowest BCUT2D eigenvalue weighted by Crippen LogP contribution is -2.27. The predicted molar refractivity (Wildman–Crippen MR) is 97.1 cm³/mol. The summed E-state index contributed by atoms with van der Waals surface area (Å²) >= 11 is 6.06. The number of carbonyl (C=O) groups is 1. The number of nitrogens with zero attached hydrogens (tertiary/aromatic N) is 2. The molecule has 0 fully saturated rings. The van der Waals surface area contributed by atoms with Crippen LogP contribution in [0.15, 0.2) is 53.7 Å². The maximum Gasteiger partial charge on any atom is 0.267 e. The van der Waals surface area contributed by atoms with Gasteiger partial charge in [0.1, 0.15) is 5.84 Å². The highest BCUT2D eigenvalue weighted by atomic mass is 35.5. The van der Waals surface area contributed by atoms with Crippen LogP contribution in [-0.4, -0.2) is 17.8 Å². The van der Waals surface area contributed by atoms with E-state index in [1.807, 2.05) is 24.3 Å². The standard InChI is InChI=1S/C18H17ClN4O2/c1-12(18(24)22-15-7-4-5-13(9-15)11-20)25-23-17(21)10-14-6-2-3-8-16(14)19/h2-9,12H,10H2,1H3,(H2,21,23)(H,22,24)/t12-/m1/s1. The van der Waals surface area contributed by atoms with Gasteiger partial charge in [-0.15, -0.1) is 0 Å². The second-order valence-electron chi connectivity index (χ2n) is 5.28. The van der Waals surface area contributed by atoms with Gasteiger partial charge in [0, 0.05) is 17.1 Å². The van der Waals surface area contributed by atoms with Gasteiger partial charge in [-0.3, -0.25) is 4.79 Å². The summed E-state index contributed by atoms with van der Waals surface area (Å²) in [7, 11) is 0. The number of nitrogens with one attached hydrogen (secondary N) is 1. The Labute approximate surface area is 150 Å². The zero-order chi connectivity index (χ0) is 18.2. The number of oxime groups is 1. The van der Waals surface area contributed by atoms with Crippen molar-refractivity contribution in [3.63, 3.8) is 0 Å². The van der Waals surface area contributed by atoms with Crippen LogP contribution < -0.4 is 11.1 Å². The first kappa shape index (κ1) is 18.3. The van der Waals surface area contributed by atoms with Crippen LogP contribution in [0.2, 0.25) is 5.02 Å². The van der Waals surface area contributed by atoms with E-state index in [0.717, 1.165) is 5.56 Å². The van der Waals surface area contributed by atoms with Crippen LogP contribution in [0.25, 0.3) is 0 Å². The van der Waals surface area contributed by atoms with E-state index in [9.17, 15) is 4.79 Å². The van der Waals surface area contributed by atoms with Gasteiger partial charge in [-0.1, -0.05) is 41.0 Å². The Balaban J connectivity index is 1.92. The summed E-state index contributed by atoms with van der Waals surface area (Å²) in [5.41, 5.74) is 7.59. The molecule has 0 radical (unpaired) electrons. The van der Waals surface area contributed by atoms with Crippen LogP contribution in [0.5, 0.6) is 0 Å². The highest BCUT2D eigenvalue weighted by Crippen LogP contribution is 2.15. The van der Waals surface area contributed by atoms with Crippen molar-refractivity contribution >= 4 is 29.0 Å². The first-order valence-corrected chi connectivity index (χ1v) is 7.90. The molecule has 128 valence electrons. The van der Waals surface area contributed by atoms with E-state index in [4.69, 9.17) is 27.4 Å². The largest absolute Gasteiger partial charge is 0.384 e. The number of hydrogen-bond donors (Lipinski definition) is 2. The van der Waals surface area contributed by atoms with Crippen LogP contribution in [0.1, 0.15) is 18.1 Å². The van der Waals surface area contributed by atoms with Crippen molar-refractivity contribution in [3.8, 4) is 6.07 Å². The summed E-state index contributed by atoms with van der Waals surface area (Å²) in [4.78, 5) is 17.2. The first-order valence-electron chi connectivity index (χ1n) is 7.52. The van der Waals surface area contributed by atoms with Gasteiger partial charge in [-0.25, -0.2) is 0 Å². The predicted octanol–water partition coefficient (Wildman–Crippen LogP) is 3.07. The van der Waals surface area contributed by atoms with Gasteiger partial charge in [0.25, 0.3) is 5.91 Å². The second kappa shape index (κ2) is 8.71. The SMILES string of the molecule is C[C@@H](O/N=C(\N)Cc1ccccc1Cl)C(=O)Nc1cccc(C#N)c1. The number of nitriles is 1. The number of carbonyl (C=O) groups excluding carboxylic acids is 1. The Morgan fingerprint density at radius 3 is 2.84 bits per heavy atom. The van der Waals surface area contributed by atoms with Crippen LogP contribution in [-0.2, 0) is 16.1 Å². The van der Waals surface area contributed by atoms with Gasteiger partial charge in [0.15, 0.2) is 0 Å². The van der Waals surface area contributed by atoms with E-state index in [-0.39, 0.29) is 5.84 Å². The van der Waals surface area contributed by atoms with Crippen LogP contribution in [0.3, 0.4) is 0 Å². The van der Waals surface area contributed by atoms with Crippen LogP contribution in [0.4, 0.5) is 5.69 Å². The van der Waals surface area contributed by atoms with Crippen LogP contribution >= 0.6 is 11.6 Å². The van der Waals surface area contributed by atoms with E-state index >= 15 is 0 Å². The number of hydrogen-bond acceptors (Lipinski definition) is 4. The van der Waals surface area contributed by atoms with E-state index < -0.39 is 12.0 Å². The molecule has 1 amide bonds. The van der Waals surface area contributed by atoms with Gasteiger partial charge in [-0.2, -0.15) is 5.26 Å². The van der Waals surface area contributed by atoms with E-state index in [0.29, 0.717) is 22.7 Å². The molecule has 0 aliphatic rings.